The number of carbonyl (C=O) groups is 2. The third-order valence-electron chi connectivity index (χ3n) is 3.11. The Balaban J connectivity index is 1.91. The molecule has 1 aliphatic rings. The van der Waals surface area contributed by atoms with Crippen LogP contribution in [0.3, 0.4) is 0 Å². The molecule has 0 radical (unpaired) electrons. The van der Waals surface area contributed by atoms with Gasteiger partial charge in [0.2, 0.25) is 0 Å². The third kappa shape index (κ3) is 2.98. The van der Waals surface area contributed by atoms with Gasteiger partial charge in [-0.25, -0.2) is 4.79 Å². The van der Waals surface area contributed by atoms with E-state index in [2.05, 4.69) is 5.32 Å². The van der Waals surface area contributed by atoms with Crippen molar-refractivity contribution >= 4 is 23.5 Å². The highest BCUT2D eigenvalue weighted by atomic mass is 35.5. The Hall–Kier alpha value is -1.75. The molecule has 6 heteroatoms. The van der Waals surface area contributed by atoms with E-state index in [4.69, 9.17) is 21.4 Å². The SMILES string of the molecule is Cc1c(Cl)cccc1OCC(=O)NC1(C(=O)O)CC1. The zero-order valence-corrected chi connectivity index (χ0v) is 11.2. The van der Waals surface area contributed by atoms with E-state index in [1.165, 1.54) is 0 Å². The topological polar surface area (TPSA) is 75.6 Å². The van der Waals surface area contributed by atoms with Crippen LogP contribution < -0.4 is 10.1 Å². The van der Waals surface area contributed by atoms with Crippen molar-refractivity contribution in [2.24, 2.45) is 0 Å². The minimum absolute atomic E-state index is 0.226. The van der Waals surface area contributed by atoms with E-state index >= 15 is 0 Å². The van der Waals surface area contributed by atoms with Crippen molar-refractivity contribution in [2.75, 3.05) is 6.61 Å². The number of aliphatic carboxylic acids is 1. The minimum Gasteiger partial charge on any atom is -0.483 e. The van der Waals surface area contributed by atoms with Crippen LogP contribution in [-0.2, 0) is 9.59 Å². The Morgan fingerprint density at radius 1 is 1.47 bits per heavy atom. The molecule has 1 fully saturated rings. The molecule has 0 spiro atoms. The highest BCUT2D eigenvalue weighted by Crippen LogP contribution is 2.35. The molecule has 1 aromatic carbocycles. The second kappa shape index (κ2) is 5.09. The summed E-state index contributed by atoms with van der Waals surface area (Å²) >= 11 is 5.93. The lowest BCUT2D eigenvalue weighted by Crippen LogP contribution is -2.45. The summed E-state index contributed by atoms with van der Waals surface area (Å²) < 4.78 is 5.34. The molecule has 1 saturated carbocycles. The van der Waals surface area contributed by atoms with Crippen LogP contribution in [0.1, 0.15) is 18.4 Å². The summed E-state index contributed by atoms with van der Waals surface area (Å²) in [6.45, 7) is 1.56. The van der Waals surface area contributed by atoms with Crippen LogP contribution in [-0.4, -0.2) is 29.1 Å². The molecule has 1 aliphatic carbocycles. The first kappa shape index (κ1) is 13.7. The Labute approximate surface area is 115 Å². The Morgan fingerprint density at radius 2 is 2.16 bits per heavy atom. The number of rotatable bonds is 5. The number of carboxylic acids is 1. The molecule has 1 amide bonds. The molecule has 0 saturated heterocycles. The fourth-order valence-electron chi connectivity index (χ4n) is 1.71. The summed E-state index contributed by atoms with van der Waals surface area (Å²) in [5.74, 6) is -0.929. The van der Waals surface area contributed by atoms with E-state index in [0.29, 0.717) is 23.6 Å². The van der Waals surface area contributed by atoms with Gasteiger partial charge in [0, 0.05) is 10.6 Å². The Morgan fingerprint density at radius 3 is 2.74 bits per heavy atom. The van der Waals surface area contributed by atoms with Crippen LogP contribution in [0.15, 0.2) is 18.2 Å². The number of hydrogen-bond acceptors (Lipinski definition) is 3. The highest BCUT2D eigenvalue weighted by molar-refractivity contribution is 6.31. The summed E-state index contributed by atoms with van der Waals surface area (Å²) in [6.07, 6.45) is 0.925. The lowest BCUT2D eigenvalue weighted by Gasteiger charge is -2.14. The molecule has 19 heavy (non-hydrogen) atoms. The predicted octanol–water partition coefficient (Wildman–Crippen LogP) is 1.76. The standard InChI is InChI=1S/C13H14ClNO4/c1-8-9(14)3-2-4-10(8)19-7-11(16)15-13(5-6-13)12(17)18/h2-4H,5-7H2,1H3,(H,15,16)(H,17,18). The van der Waals surface area contributed by atoms with Crippen molar-refractivity contribution in [2.45, 2.75) is 25.3 Å². The smallest absolute Gasteiger partial charge is 0.329 e. The largest absolute Gasteiger partial charge is 0.483 e. The Kier molecular flexibility index (Phi) is 3.66. The van der Waals surface area contributed by atoms with E-state index in [-0.39, 0.29) is 6.61 Å². The second-order valence-electron chi connectivity index (χ2n) is 4.59. The monoisotopic (exact) mass is 283 g/mol. The van der Waals surface area contributed by atoms with Crippen LogP contribution in [0.2, 0.25) is 5.02 Å². The number of benzene rings is 1. The predicted molar refractivity (Wildman–Crippen MR) is 69.4 cm³/mol. The van der Waals surface area contributed by atoms with Crippen LogP contribution in [0.4, 0.5) is 0 Å². The van der Waals surface area contributed by atoms with Gasteiger partial charge in [-0.05, 0) is 31.9 Å². The molecule has 0 aromatic heterocycles. The number of ether oxygens (including phenoxy) is 1. The molecule has 1 aromatic rings. The molecule has 2 rings (SSSR count). The zero-order valence-electron chi connectivity index (χ0n) is 10.4. The van der Waals surface area contributed by atoms with E-state index in [9.17, 15) is 9.59 Å². The summed E-state index contributed by atoms with van der Waals surface area (Å²) in [5.41, 5.74) is -0.333. The fourth-order valence-corrected chi connectivity index (χ4v) is 1.87. The van der Waals surface area contributed by atoms with Gasteiger partial charge in [0.15, 0.2) is 6.61 Å². The average molecular weight is 284 g/mol. The zero-order chi connectivity index (χ0) is 14.0. The van der Waals surface area contributed by atoms with Crippen molar-refractivity contribution in [3.8, 4) is 5.75 Å². The van der Waals surface area contributed by atoms with Crippen LogP contribution in [0, 0.1) is 6.92 Å². The number of hydrogen-bond donors (Lipinski definition) is 2. The molecule has 0 aliphatic heterocycles. The second-order valence-corrected chi connectivity index (χ2v) is 4.99. The number of carbonyl (C=O) groups excluding carboxylic acids is 1. The molecule has 0 atom stereocenters. The first-order chi connectivity index (χ1) is 8.94. The molecular weight excluding hydrogens is 270 g/mol. The molecule has 0 heterocycles. The van der Waals surface area contributed by atoms with Gasteiger partial charge in [-0.1, -0.05) is 17.7 Å². The molecule has 0 bridgehead atoms. The highest BCUT2D eigenvalue weighted by Gasteiger charge is 2.51. The number of halogens is 1. The van der Waals surface area contributed by atoms with Crippen molar-refractivity contribution < 1.29 is 19.4 Å². The van der Waals surface area contributed by atoms with Crippen LogP contribution in [0.25, 0.3) is 0 Å². The van der Waals surface area contributed by atoms with Gasteiger partial charge >= 0.3 is 5.97 Å². The van der Waals surface area contributed by atoms with Gasteiger partial charge in [-0.3, -0.25) is 4.79 Å². The number of carboxylic acid groups (broad SMARTS) is 1. The lowest BCUT2D eigenvalue weighted by molar-refractivity contribution is -0.143. The summed E-state index contributed by atoms with van der Waals surface area (Å²) in [5, 5.41) is 12.0. The van der Waals surface area contributed by atoms with E-state index in [1.54, 1.807) is 25.1 Å². The van der Waals surface area contributed by atoms with Crippen molar-refractivity contribution in [3.63, 3.8) is 0 Å². The van der Waals surface area contributed by atoms with E-state index in [0.717, 1.165) is 5.56 Å². The number of amides is 1. The van der Waals surface area contributed by atoms with Gasteiger partial charge < -0.3 is 15.2 Å². The van der Waals surface area contributed by atoms with Crippen molar-refractivity contribution in [1.82, 2.24) is 5.32 Å². The van der Waals surface area contributed by atoms with Crippen LogP contribution in [0.5, 0.6) is 5.75 Å². The maximum absolute atomic E-state index is 11.6. The van der Waals surface area contributed by atoms with E-state index < -0.39 is 17.4 Å². The molecule has 5 nitrogen and oxygen atoms in total. The van der Waals surface area contributed by atoms with Gasteiger partial charge in [-0.15, -0.1) is 0 Å². The number of nitrogens with one attached hydrogen (secondary N) is 1. The van der Waals surface area contributed by atoms with Gasteiger partial charge in [0.05, 0.1) is 0 Å². The maximum Gasteiger partial charge on any atom is 0.329 e. The average Bonchev–Trinajstić information content (AvgIpc) is 3.12. The van der Waals surface area contributed by atoms with Gasteiger partial charge in [0.25, 0.3) is 5.91 Å². The first-order valence-corrected chi connectivity index (χ1v) is 6.25. The molecule has 0 unspecified atom stereocenters. The summed E-state index contributed by atoms with van der Waals surface area (Å²) in [7, 11) is 0. The van der Waals surface area contributed by atoms with Crippen molar-refractivity contribution in [1.29, 1.82) is 0 Å². The summed E-state index contributed by atoms with van der Waals surface area (Å²) in [4.78, 5) is 22.6. The third-order valence-corrected chi connectivity index (χ3v) is 3.52. The van der Waals surface area contributed by atoms with Gasteiger partial charge in [-0.2, -0.15) is 0 Å². The van der Waals surface area contributed by atoms with E-state index in [1.807, 2.05) is 0 Å². The normalized spacial score (nSPS) is 15.7. The fraction of sp³-hybridized carbons (Fsp3) is 0.385. The quantitative estimate of drug-likeness (QED) is 0.863. The minimum atomic E-state index is -1.08. The van der Waals surface area contributed by atoms with Crippen molar-refractivity contribution in [3.05, 3.63) is 28.8 Å². The molecule has 102 valence electrons. The molecular formula is C13H14ClNO4. The first-order valence-electron chi connectivity index (χ1n) is 5.87. The molecule has 2 N–H and O–H groups in total. The van der Waals surface area contributed by atoms with Crippen LogP contribution >= 0.6 is 11.6 Å². The summed E-state index contributed by atoms with van der Waals surface area (Å²) in [6, 6.07) is 5.16. The lowest BCUT2D eigenvalue weighted by atomic mass is 10.2. The van der Waals surface area contributed by atoms with Gasteiger partial charge in [0.1, 0.15) is 11.3 Å². The Bertz CT molecular complexity index is 525. The maximum atomic E-state index is 11.6.